The minimum absolute atomic E-state index is 0.168. The number of ether oxygens (including phenoxy) is 6. The van der Waals surface area contributed by atoms with Crippen molar-refractivity contribution in [2.75, 3.05) is 19.8 Å². The van der Waals surface area contributed by atoms with Gasteiger partial charge in [-0.25, -0.2) is 0 Å². The van der Waals surface area contributed by atoms with Crippen LogP contribution in [0.15, 0.2) is 0 Å². The molecule has 13 heteroatoms. The minimum atomic E-state index is -1.71. The van der Waals surface area contributed by atoms with Crippen molar-refractivity contribution in [2.45, 2.75) is 171 Å². The number of aliphatic hydroxyl groups is 7. The highest BCUT2D eigenvalue weighted by Crippen LogP contribution is 2.71. The molecule has 1 spiro atoms. The molecule has 7 N–H and O–H groups in total. The van der Waals surface area contributed by atoms with Gasteiger partial charge in [0.1, 0.15) is 48.8 Å². The summed E-state index contributed by atoms with van der Waals surface area (Å²) < 4.78 is 37.5. The van der Waals surface area contributed by atoms with Crippen molar-refractivity contribution >= 4 is 0 Å². The maximum absolute atomic E-state index is 11.1. The third-order valence-electron chi connectivity index (χ3n) is 16.2. The van der Waals surface area contributed by atoms with Crippen LogP contribution in [-0.4, -0.2) is 135 Å². The summed E-state index contributed by atoms with van der Waals surface area (Å²) in [5.41, 5.74) is 0.425. The predicted octanol–water partition coefficient (Wildman–Crippen LogP) is 1.44. The second-order valence-electron chi connectivity index (χ2n) is 18.7. The lowest BCUT2D eigenvalue weighted by Gasteiger charge is -2.61. The number of hydrogen-bond donors (Lipinski definition) is 7. The monoisotopic (exact) mass is 740 g/mol. The molecule has 0 aromatic rings. The van der Waals surface area contributed by atoms with Crippen LogP contribution < -0.4 is 0 Å². The SMILES string of the molecule is C[C@H]1CC[C@@]2(OC1)O[C@H]1CC3C4CC[C@@H]5CC(O[C@@H]6O[C@H](CO)[C@H](O)[C@H](O)[C@H]6O[C@@H]6O[C@H](CO)[C@@H](O)[C@H](O)[C@H]6O)CC[C@]5(C)C4CC[C@]3(C)[C@H]1[C@@H]2C. The molecule has 0 aromatic carbocycles. The van der Waals surface area contributed by atoms with Crippen molar-refractivity contribution in [2.24, 2.45) is 52.3 Å². The zero-order valence-corrected chi connectivity index (χ0v) is 31.2. The van der Waals surface area contributed by atoms with Crippen LogP contribution in [0.1, 0.15) is 91.9 Å². The van der Waals surface area contributed by atoms with Crippen molar-refractivity contribution in [1.82, 2.24) is 0 Å². The van der Waals surface area contributed by atoms with E-state index >= 15 is 0 Å². The molecule has 4 saturated carbocycles. The Morgan fingerprint density at radius 3 is 2.06 bits per heavy atom. The first-order valence-corrected chi connectivity index (χ1v) is 20.3. The highest BCUT2D eigenvalue weighted by Gasteiger charge is 2.69. The lowest BCUT2D eigenvalue weighted by Crippen LogP contribution is -2.65. The fourth-order valence-corrected chi connectivity index (χ4v) is 13.2. The molecule has 4 aliphatic carbocycles. The summed E-state index contributed by atoms with van der Waals surface area (Å²) in [6.45, 7) is 9.33. The van der Waals surface area contributed by atoms with Gasteiger partial charge in [-0.1, -0.05) is 27.7 Å². The van der Waals surface area contributed by atoms with E-state index in [1.165, 1.54) is 25.7 Å². The smallest absolute Gasteiger partial charge is 0.187 e. The van der Waals surface area contributed by atoms with Gasteiger partial charge >= 0.3 is 0 Å². The van der Waals surface area contributed by atoms with Crippen LogP contribution in [-0.2, 0) is 28.4 Å². The van der Waals surface area contributed by atoms with Gasteiger partial charge in [0.15, 0.2) is 18.4 Å². The predicted molar refractivity (Wildman–Crippen MR) is 183 cm³/mol. The fraction of sp³-hybridized carbons (Fsp3) is 1.00. The highest BCUT2D eigenvalue weighted by molar-refractivity contribution is 5.15. The van der Waals surface area contributed by atoms with Gasteiger partial charge in [-0.05, 0) is 104 Å². The van der Waals surface area contributed by atoms with Gasteiger partial charge in [-0.2, -0.15) is 0 Å². The van der Waals surface area contributed by atoms with Crippen LogP contribution in [0.2, 0.25) is 0 Å². The van der Waals surface area contributed by atoms with Crippen molar-refractivity contribution < 1.29 is 64.2 Å². The quantitative estimate of drug-likeness (QED) is 0.194. The molecule has 0 aromatic heterocycles. The molecular weight excluding hydrogens is 676 g/mol. The number of aliphatic hydroxyl groups excluding tert-OH is 7. The highest BCUT2D eigenvalue weighted by atomic mass is 16.8. The van der Waals surface area contributed by atoms with E-state index in [0.29, 0.717) is 41.4 Å². The summed E-state index contributed by atoms with van der Waals surface area (Å²) in [5, 5.41) is 72.7. The first-order valence-electron chi connectivity index (χ1n) is 20.3. The van der Waals surface area contributed by atoms with Gasteiger partial charge in [0.2, 0.25) is 0 Å². The van der Waals surface area contributed by atoms with Crippen LogP contribution >= 0.6 is 0 Å². The average molecular weight is 741 g/mol. The molecule has 13 nitrogen and oxygen atoms in total. The van der Waals surface area contributed by atoms with Crippen LogP contribution in [0, 0.1) is 52.3 Å². The zero-order chi connectivity index (χ0) is 36.9. The summed E-state index contributed by atoms with van der Waals surface area (Å²) in [6, 6.07) is 0. The van der Waals surface area contributed by atoms with Crippen LogP contribution in [0.25, 0.3) is 0 Å². The lowest BCUT2D eigenvalue weighted by atomic mass is 9.44. The third-order valence-corrected chi connectivity index (χ3v) is 16.2. The Kier molecular flexibility index (Phi) is 10.4. The van der Waals surface area contributed by atoms with Crippen LogP contribution in [0.3, 0.4) is 0 Å². The van der Waals surface area contributed by atoms with Crippen LogP contribution in [0.5, 0.6) is 0 Å². The first-order chi connectivity index (χ1) is 24.7. The molecule has 0 bridgehead atoms. The summed E-state index contributed by atoms with van der Waals surface area (Å²) >= 11 is 0. The van der Waals surface area contributed by atoms with E-state index in [-0.39, 0.29) is 23.0 Å². The molecule has 298 valence electrons. The number of hydrogen-bond acceptors (Lipinski definition) is 13. The summed E-state index contributed by atoms with van der Waals surface area (Å²) in [6.07, 6.45) is -3.88. The average Bonchev–Trinajstić information content (AvgIpc) is 3.58. The number of rotatable bonds is 6. The van der Waals surface area contributed by atoms with Crippen molar-refractivity contribution in [3.05, 3.63) is 0 Å². The van der Waals surface area contributed by atoms with E-state index in [9.17, 15) is 35.7 Å². The summed E-state index contributed by atoms with van der Waals surface area (Å²) in [7, 11) is 0. The largest absolute Gasteiger partial charge is 0.394 e. The normalized spacial score (nSPS) is 59.0. The van der Waals surface area contributed by atoms with Crippen molar-refractivity contribution in [1.29, 1.82) is 0 Å². The second kappa shape index (κ2) is 14.1. The number of fused-ring (bicyclic) bond motifs is 7. The van der Waals surface area contributed by atoms with E-state index in [2.05, 4.69) is 27.7 Å². The van der Waals surface area contributed by atoms with E-state index in [1.54, 1.807) is 0 Å². The summed E-state index contributed by atoms with van der Waals surface area (Å²) in [5.74, 6) is 3.51. The van der Waals surface area contributed by atoms with Gasteiger partial charge in [0, 0.05) is 12.3 Å². The van der Waals surface area contributed by atoms with Gasteiger partial charge in [-0.3, -0.25) is 0 Å². The zero-order valence-electron chi connectivity index (χ0n) is 31.2. The molecule has 0 amide bonds. The summed E-state index contributed by atoms with van der Waals surface area (Å²) in [4.78, 5) is 0. The molecule has 8 aliphatic rings. The molecule has 8 fully saturated rings. The Labute approximate surface area is 307 Å². The topological polar surface area (TPSA) is 197 Å². The maximum Gasteiger partial charge on any atom is 0.187 e. The molecule has 22 atom stereocenters. The van der Waals surface area contributed by atoms with E-state index in [0.717, 1.165) is 45.1 Å². The molecule has 4 aliphatic heterocycles. The molecule has 4 saturated heterocycles. The van der Waals surface area contributed by atoms with E-state index < -0.39 is 80.4 Å². The standard InChI is InChI=1S/C39H64O13/c1-18-7-12-39(47-17-18)19(2)28-25(52-39)14-24-22-6-5-20-13-21(8-10-37(20,3)23(22)9-11-38(24,28)4)48-36-34(32(45)30(43)27(16-41)50-36)51-35-33(46)31(44)29(42)26(15-40)49-35/h18-36,40-46H,5-17H2,1-4H3/t18-,19-,20+,21?,22?,23?,24?,25-,26+,27+,28-,29+,30-,31-,32-,33+,34+,35-,36+,37-,38-,39+/m0/s1. The Hall–Kier alpha value is -0.520. The minimum Gasteiger partial charge on any atom is -0.394 e. The Morgan fingerprint density at radius 2 is 1.37 bits per heavy atom. The Balaban J connectivity index is 0.942. The fourth-order valence-electron chi connectivity index (χ4n) is 13.2. The van der Waals surface area contributed by atoms with Gasteiger partial charge in [0.05, 0.1) is 32.0 Å². The molecule has 4 heterocycles. The molecule has 8 rings (SSSR count). The van der Waals surface area contributed by atoms with Gasteiger partial charge in [0.25, 0.3) is 0 Å². The molecular formula is C39H64O13. The Bertz CT molecular complexity index is 1260. The van der Waals surface area contributed by atoms with Gasteiger partial charge < -0.3 is 64.2 Å². The maximum atomic E-state index is 11.1. The van der Waals surface area contributed by atoms with Crippen molar-refractivity contribution in [3.8, 4) is 0 Å². The third kappa shape index (κ3) is 5.98. The van der Waals surface area contributed by atoms with Crippen LogP contribution in [0.4, 0.5) is 0 Å². The lowest BCUT2D eigenvalue weighted by molar-refractivity contribution is -0.373. The van der Waals surface area contributed by atoms with E-state index in [1.807, 2.05) is 0 Å². The first kappa shape index (κ1) is 38.4. The molecule has 0 radical (unpaired) electrons. The Morgan fingerprint density at radius 1 is 0.673 bits per heavy atom. The second-order valence-corrected chi connectivity index (χ2v) is 18.7. The van der Waals surface area contributed by atoms with E-state index in [4.69, 9.17) is 28.4 Å². The molecule has 4 unspecified atom stereocenters. The molecule has 52 heavy (non-hydrogen) atoms. The van der Waals surface area contributed by atoms with Crippen molar-refractivity contribution in [3.63, 3.8) is 0 Å². The van der Waals surface area contributed by atoms with Gasteiger partial charge in [-0.15, -0.1) is 0 Å².